The van der Waals surface area contributed by atoms with Gasteiger partial charge in [0.2, 0.25) is 0 Å². The van der Waals surface area contributed by atoms with E-state index < -0.39 is 34.4 Å². The number of rotatable bonds is 0. The van der Waals surface area contributed by atoms with Crippen LogP contribution < -0.4 is 0 Å². The number of benzene rings is 1. The molecular weight excluding hydrogens is 250 g/mol. The van der Waals surface area contributed by atoms with Crippen molar-refractivity contribution in [3.8, 4) is 0 Å². The number of halogens is 6. The molecule has 0 atom stereocenters. The first-order chi connectivity index (χ1) is 7.71. The van der Waals surface area contributed by atoms with Gasteiger partial charge in [0.25, 0.3) is 0 Å². The van der Waals surface area contributed by atoms with Crippen LogP contribution in [0.1, 0.15) is 11.1 Å². The summed E-state index contributed by atoms with van der Waals surface area (Å²) in [6, 6.07) is 2.64. The lowest BCUT2D eigenvalue weighted by Gasteiger charge is -2.10. The summed E-state index contributed by atoms with van der Waals surface area (Å²) in [6.07, 6.45) is -9.45. The van der Waals surface area contributed by atoms with Crippen molar-refractivity contribution in [2.45, 2.75) is 12.4 Å². The third kappa shape index (κ3) is 1.96. The Hall–Kier alpha value is -1.66. The van der Waals surface area contributed by atoms with Gasteiger partial charge in [-0.15, -0.1) is 0 Å². The van der Waals surface area contributed by atoms with Crippen molar-refractivity contribution < 1.29 is 30.8 Å². The Morgan fingerprint density at radius 3 is 1.94 bits per heavy atom. The largest absolute Gasteiger partial charge is 0.464 e. The van der Waals surface area contributed by atoms with Gasteiger partial charge in [0.05, 0.1) is 5.56 Å². The Balaban J connectivity index is 2.82. The van der Waals surface area contributed by atoms with E-state index in [0.29, 0.717) is 12.3 Å². The Morgan fingerprint density at radius 2 is 1.41 bits per heavy atom. The van der Waals surface area contributed by atoms with Crippen LogP contribution >= 0.6 is 0 Å². The van der Waals surface area contributed by atoms with Gasteiger partial charge in [0.1, 0.15) is 17.4 Å². The third-order valence-corrected chi connectivity index (χ3v) is 2.21. The lowest BCUT2D eigenvalue weighted by atomic mass is 10.1. The third-order valence-electron chi connectivity index (χ3n) is 2.21. The van der Waals surface area contributed by atoms with Crippen LogP contribution in [0.25, 0.3) is 11.0 Å². The van der Waals surface area contributed by atoms with Gasteiger partial charge in [-0.1, -0.05) is 6.07 Å². The van der Waals surface area contributed by atoms with Crippen molar-refractivity contribution in [2.24, 2.45) is 0 Å². The molecule has 7 heteroatoms. The summed E-state index contributed by atoms with van der Waals surface area (Å²) in [5, 5.41) is -0.951. The fraction of sp³-hybridized carbons (Fsp3) is 0.200. The topological polar surface area (TPSA) is 13.1 Å². The van der Waals surface area contributed by atoms with Gasteiger partial charge in [-0.25, -0.2) is 0 Å². The summed E-state index contributed by atoms with van der Waals surface area (Å²) in [5.41, 5.74) is -3.20. The molecule has 0 radical (unpaired) electrons. The molecule has 0 saturated heterocycles. The molecule has 0 aliphatic heterocycles. The first-order valence-electron chi connectivity index (χ1n) is 4.36. The maximum absolute atomic E-state index is 12.6. The number of furan rings is 1. The number of fused-ring (bicyclic) bond motifs is 1. The van der Waals surface area contributed by atoms with Crippen molar-refractivity contribution in [1.82, 2.24) is 0 Å². The molecule has 1 heterocycles. The lowest BCUT2D eigenvalue weighted by molar-refractivity contribution is -0.140. The molecule has 2 rings (SSSR count). The van der Waals surface area contributed by atoms with Crippen molar-refractivity contribution in [3.05, 3.63) is 35.6 Å². The summed E-state index contributed by atoms with van der Waals surface area (Å²) in [5.74, 6) is 0. The summed E-state index contributed by atoms with van der Waals surface area (Å²) in [6.45, 7) is 0. The van der Waals surface area contributed by atoms with Crippen molar-refractivity contribution in [3.63, 3.8) is 0 Å². The molecule has 0 saturated carbocycles. The molecule has 92 valence electrons. The number of hydrogen-bond donors (Lipinski definition) is 0. The van der Waals surface area contributed by atoms with Crippen LogP contribution in [0.15, 0.2) is 28.9 Å². The molecule has 17 heavy (non-hydrogen) atoms. The predicted molar refractivity (Wildman–Crippen MR) is 46.2 cm³/mol. The minimum absolute atomic E-state index is 0.292. The molecular formula is C10H4F6O. The fourth-order valence-corrected chi connectivity index (χ4v) is 1.53. The zero-order valence-corrected chi connectivity index (χ0v) is 7.99. The standard InChI is InChI=1S/C10H4F6O/c11-9(12,13)5-2-1-3-7-8(5)6(4-17-7)10(14,15)16/h1-4H. The second-order valence-corrected chi connectivity index (χ2v) is 3.32. The molecule has 0 aliphatic carbocycles. The van der Waals surface area contributed by atoms with Crippen molar-refractivity contribution in [2.75, 3.05) is 0 Å². The smallest absolute Gasteiger partial charge is 0.420 e. The summed E-state index contributed by atoms with van der Waals surface area (Å²) in [4.78, 5) is 0. The van der Waals surface area contributed by atoms with Crippen LogP contribution in [0.2, 0.25) is 0 Å². The first-order valence-corrected chi connectivity index (χ1v) is 4.36. The van der Waals surface area contributed by atoms with Crippen LogP contribution in [-0.2, 0) is 12.4 Å². The van der Waals surface area contributed by atoms with Crippen molar-refractivity contribution in [1.29, 1.82) is 0 Å². The first kappa shape index (κ1) is 11.8. The molecule has 1 aromatic carbocycles. The number of alkyl halides is 6. The van der Waals surface area contributed by atoms with Gasteiger partial charge in [-0.05, 0) is 12.1 Å². The Morgan fingerprint density at radius 1 is 0.824 bits per heavy atom. The van der Waals surface area contributed by atoms with Gasteiger partial charge in [-0.2, -0.15) is 26.3 Å². The number of hydrogen-bond acceptors (Lipinski definition) is 1. The lowest BCUT2D eigenvalue weighted by Crippen LogP contribution is -2.09. The zero-order valence-electron chi connectivity index (χ0n) is 7.99. The van der Waals surface area contributed by atoms with Gasteiger partial charge < -0.3 is 4.42 Å². The monoisotopic (exact) mass is 254 g/mol. The average Bonchev–Trinajstić information content (AvgIpc) is 2.57. The minimum atomic E-state index is -4.88. The maximum atomic E-state index is 12.6. The Bertz CT molecular complexity index is 548. The second-order valence-electron chi connectivity index (χ2n) is 3.32. The molecule has 0 bridgehead atoms. The Kier molecular flexibility index (Phi) is 2.37. The van der Waals surface area contributed by atoms with E-state index in [9.17, 15) is 26.3 Å². The van der Waals surface area contributed by atoms with Crippen LogP contribution in [0.3, 0.4) is 0 Å². The molecule has 0 unspecified atom stereocenters. The minimum Gasteiger partial charge on any atom is -0.464 e. The van der Waals surface area contributed by atoms with E-state index in [0.717, 1.165) is 12.1 Å². The highest BCUT2D eigenvalue weighted by atomic mass is 19.4. The molecule has 0 fully saturated rings. The molecule has 1 aromatic heterocycles. The molecule has 0 N–H and O–H groups in total. The molecule has 1 nitrogen and oxygen atoms in total. The molecule has 2 aromatic rings. The second kappa shape index (κ2) is 3.41. The van der Waals surface area contributed by atoms with Crippen molar-refractivity contribution >= 4 is 11.0 Å². The molecule has 0 spiro atoms. The van der Waals surface area contributed by atoms with E-state index in [1.165, 1.54) is 0 Å². The summed E-state index contributed by atoms with van der Waals surface area (Å²) < 4.78 is 79.6. The van der Waals surface area contributed by atoms with Crippen LogP contribution in [0.5, 0.6) is 0 Å². The SMILES string of the molecule is FC(F)(F)c1cccc2occ(C(F)(F)F)c12. The zero-order chi connectivity index (χ0) is 12.8. The highest BCUT2D eigenvalue weighted by Crippen LogP contribution is 2.42. The molecule has 0 amide bonds. The van der Waals surface area contributed by atoms with E-state index in [-0.39, 0.29) is 0 Å². The van der Waals surface area contributed by atoms with Gasteiger partial charge in [0, 0.05) is 5.39 Å². The normalized spacial score (nSPS) is 13.3. The van der Waals surface area contributed by atoms with Gasteiger partial charge in [-0.3, -0.25) is 0 Å². The van der Waals surface area contributed by atoms with Gasteiger partial charge >= 0.3 is 12.4 Å². The van der Waals surface area contributed by atoms with Crippen LogP contribution in [0.4, 0.5) is 26.3 Å². The predicted octanol–water partition coefficient (Wildman–Crippen LogP) is 4.47. The molecule has 0 aliphatic rings. The van der Waals surface area contributed by atoms with E-state index in [4.69, 9.17) is 0 Å². The van der Waals surface area contributed by atoms with E-state index in [1.54, 1.807) is 0 Å². The van der Waals surface area contributed by atoms with Gasteiger partial charge in [0.15, 0.2) is 0 Å². The van der Waals surface area contributed by atoms with E-state index in [1.807, 2.05) is 0 Å². The Labute approximate surface area is 90.6 Å². The maximum Gasteiger partial charge on any atom is 0.420 e. The quantitative estimate of drug-likeness (QED) is 0.632. The van der Waals surface area contributed by atoms with Crippen LogP contribution in [-0.4, -0.2) is 0 Å². The van der Waals surface area contributed by atoms with E-state index in [2.05, 4.69) is 4.42 Å². The van der Waals surface area contributed by atoms with E-state index >= 15 is 0 Å². The summed E-state index contributed by atoms with van der Waals surface area (Å²) in [7, 11) is 0. The van der Waals surface area contributed by atoms with Crippen LogP contribution in [0, 0.1) is 0 Å². The summed E-state index contributed by atoms with van der Waals surface area (Å²) >= 11 is 0. The highest BCUT2D eigenvalue weighted by Gasteiger charge is 2.40. The average molecular weight is 254 g/mol. The highest BCUT2D eigenvalue weighted by molar-refractivity contribution is 5.85. The fourth-order valence-electron chi connectivity index (χ4n) is 1.53.